The van der Waals surface area contributed by atoms with Gasteiger partial charge in [-0.15, -0.1) is 10.9 Å². The van der Waals surface area contributed by atoms with Gasteiger partial charge in [0, 0.05) is 39.3 Å². The molecule has 0 aromatic heterocycles. The Labute approximate surface area is 260 Å². The Balaban J connectivity index is 1.35. The van der Waals surface area contributed by atoms with Gasteiger partial charge < -0.3 is 28.7 Å². The molecule has 1 heterocycles. The summed E-state index contributed by atoms with van der Waals surface area (Å²) in [5.41, 5.74) is 1.42. The maximum absolute atomic E-state index is 5.92. The van der Waals surface area contributed by atoms with Crippen molar-refractivity contribution in [3.8, 4) is 0 Å². The Bertz CT molecular complexity index is 1070. The molecule has 0 aliphatic carbocycles. The minimum absolute atomic E-state index is 0.295. The van der Waals surface area contributed by atoms with Gasteiger partial charge in [-0.3, -0.25) is 4.90 Å². The second-order valence-corrected chi connectivity index (χ2v) is 13.3. The lowest BCUT2D eigenvalue weighted by Crippen LogP contribution is -2.39. The summed E-state index contributed by atoms with van der Waals surface area (Å²) in [7, 11) is 3.71. The third kappa shape index (κ3) is 11.4. The molecule has 3 aromatic rings. The van der Waals surface area contributed by atoms with Gasteiger partial charge in [-0.2, -0.15) is 6.07 Å². The number of likely N-dealkylation sites (N-methyl/N-ethyl adjacent to an activating group) is 2. The molecule has 1 fully saturated rings. The van der Waals surface area contributed by atoms with E-state index >= 15 is 0 Å². The molecule has 3 aromatic carbocycles. The maximum atomic E-state index is 5.92. The second-order valence-electron chi connectivity index (χ2n) is 11.1. The first-order valence-electron chi connectivity index (χ1n) is 15.7. The van der Waals surface area contributed by atoms with Gasteiger partial charge in [-0.1, -0.05) is 67.6 Å². The average Bonchev–Trinajstić information content (AvgIpc) is 3.51. The Kier molecular flexibility index (Phi) is 15.2. The summed E-state index contributed by atoms with van der Waals surface area (Å²) in [6.45, 7) is 13.1. The zero-order valence-electron chi connectivity index (χ0n) is 26.4. The van der Waals surface area contributed by atoms with Gasteiger partial charge in [-0.05, 0) is 38.7 Å². The zero-order chi connectivity index (χ0) is 30.1. The molecule has 4 rings (SSSR count). The van der Waals surface area contributed by atoms with E-state index in [0.717, 1.165) is 39.3 Å². The molecule has 0 saturated carbocycles. The quantitative estimate of drug-likeness (QED) is 0.287. The van der Waals surface area contributed by atoms with Gasteiger partial charge in [0.1, 0.15) is 0 Å². The lowest BCUT2D eigenvalue weighted by atomic mass is 10.1. The molecule has 1 atom stereocenters. The molecular formula is C35H51N3O4P-. The minimum atomic E-state index is -0.631. The van der Waals surface area contributed by atoms with Crippen LogP contribution in [0.25, 0.3) is 0 Å². The van der Waals surface area contributed by atoms with Crippen LogP contribution < -0.4 is 15.9 Å². The smallest absolute Gasteiger partial charge is 0.0701 e. The predicted octanol–water partition coefficient (Wildman–Crippen LogP) is 3.47. The maximum Gasteiger partial charge on any atom is 0.0701 e. The Morgan fingerprint density at radius 3 is 1.70 bits per heavy atom. The van der Waals surface area contributed by atoms with Gasteiger partial charge in [0.15, 0.2) is 0 Å². The van der Waals surface area contributed by atoms with Crippen molar-refractivity contribution in [2.45, 2.75) is 13.0 Å². The summed E-state index contributed by atoms with van der Waals surface area (Å²) in [6.07, 6.45) is 0. The van der Waals surface area contributed by atoms with Crippen LogP contribution >= 0.6 is 7.92 Å². The summed E-state index contributed by atoms with van der Waals surface area (Å²) in [6, 6.07) is 29.1. The van der Waals surface area contributed by atoms with Gasteiger partial charge in [0.25, 0.3) is 0 Å². The van der Waals surface area contributed by atoms with Crippen molar-refractivity contribution in [2.24, 2.45) is 0 Å². The van der Waals surface area contributed by atoms with Gasteiger partial charge in [0.05, 0.1) is 52.9 Å². The third-order valence-electron chi connectivity index (χ3n) is 8.06. The van der Waals surface area contributed by atoms with E-state index in [4.69, 9.17) is 18.9 Å². The van der Waals surface area contributed by atoms with Crippen LogP contribution in [0.1, 0.15) is 18.5 Å². The van der Waals surface area contributed by atoms with Crippen LogP contribution in [0.15, 0.2) is 78.9 Å². The van der Waals surface area contributed by atoms with Crippen LogP contribution in [0, 0.1) is 0 Å². The third-order valence-corrected chi connectivity index (χ3v) is 10.6. The summed E-state index contributed by atoms with van der Waals surface area (Å²) < 4.78 is 23.4. The van der Waals surface area contributed by atoms with Crippen molar-refractivity contribution in [2.75, 3.05) is 106 Å². The van der Waals surface area contributed by atoms with E-state index in [1.807, 2.05) is 0 Å². The first kappa shape index (κ1) is 33.8. The van der Waals surface area contributed by atoms with Crippen LogP contribution in [-0.2, 0) is 18.9 Å². The van der Waals surface area contributed by atoms with Crippen molar-refractivity contribution < 1.29 is 18.9 Å². The first-order chi connectivity index (χ1) is 21.1. The number of ether oxygens (including phenoxy) is 4. The van der Waals surface area contributed by atoms with Gasteiger partial charge in [-0.25, -0.2) is 12.1 Å². The van der Waals surface area contributed by atoms with Crippen molar-refractivity contribution >= 4 is 23.8 Å². The standard InChI is InChI=1S/C35H51N3O4P/c1-31(34-15-10-16-35(34)43(32-11-6-4-7-12-32)33-13-8-5-9-14-33)37(3)17-18-38-21-25-41-29-27-39-23-19-36(2)20-24-40-28-30-42-26-22-38/h4-16,31H,17-30H2,1-3H3/q-1/t31-/m1/s1. The highest BCUT2D eigenvalue weighted by Crippen LogP contribution is 2.36. The molecule has 236 valence electrons. The molecule has 0 radical (unpaired) electrons. The van der Waals surface area contributed by atoms with Crippen LogP contribution in [0.2, 0.25) is 0 Å². The zero-order valence-corrected chi connectivity index (χ0v) is 27.3. The molecule has 0 unspecified atom stereocenters. The largest absolute Gasteiger partial charge is 0.378 e. The first-order valence-corrected chi connectivity index (χ1v) is 17.1. The van der Waals surface area contributed by atoms with E-state index in [1.165, 1.54) is 21.5 Å². The van der Waals surface area contributed by atoms with E-state index in [-0.39, 0.29) is 0 Å². The summed E-state index contributed by atoms with van der Waals surface area (Å²) in [5.74, 6) is 0. The molecule has 0 amide bonds. The SMILES string of the molecule is C[C@H]([c-]1cccc1P(c1ccccc1)c1ccccc1)N(C)CCN1CCOCCOCCN(C)CCOCCOCC1. The molecule has 1 saturated heterocycles. The van der Waals surface area contributed by atoms with Crippen molar-refractivity contribution in [3.63, 3.8) is 0 Å². The van der Waals surface area contributed by atoms with Crippen LogP contribution in [0.5, 0.6) is 0 Å². The number of rotatable bonds is 8. The number of hydrogen-bond donors (Lipinski definition) is 0. The van der Waals surface area contributed by atoms with Gasteiger partial charge >= 0.3 is 0 Å². The highest BCUT2D eigenvalue weighted by Gasteiger charge is 2.19. The fraction of sp³-hybridized carbons (Fsp3) is 0.514. The van der Waals surface area contributed by atoms with Gasteiger partial charge in [0.2, 0.25) is 0 Å². The fourth-order valence-electron chi connectivity index (χ4n) is 5.21. The molecule has 0 spiro atoms. The lowest BCUT2D eigenvalue weighted by molar-refractivity contribution is 0.00970. The summed E-state index contributed by atoms with van der Waals surface area (Å²) in [5, 5.41) is 4.22. The molecular weight excluding hydrogens is 557 g/mol. The highest BCUT2D eigenvalue weighted by molar-refractivity contribution is 7.79. The Morgan fingerprint density at radius 2 is 1.19 bits per heavy atom. The predicted molar refractivity (Wildman–Crippen MR) is 179 cm³/mol. The monoisotopic (exact) mass is 608 g/mol. The van der Waals surface area contributed by atoms with Crippen LogP contribution in [0.4, 0.5) is 0 Å². The molecule has 8 heteroatoms. The molecule has 1 aliphatic heterocycles. The molecule has 0 N–H and O–H groups in total. The normalized spacial score (nSPS) is 18.8. The lowest BCUT2D eigenvalue weighted by Gasteiger charge is -2.34. The van der Waals surface area contributed by atoms with Crippen molar-refractivity contribution in [1.82, 2.24) is 14.7 Å². The summed E-state index contributed by atoms with van der Waals surface area (Å²) in [4.78, 5) is 7.16. The molecule has 43 heavy (non-hydrogen) atoms. The number of nitrogens with zero attached hydrogens (tertiary/aromatic N) is 3. The topological polar surface area (TPSA) is 46.6 Å². The highest BCUT2D eigenvalue weighted by atomic mass is 31.1. The Morgan fingerprint density at radius 1 is 0.698 bits per heavy atom. The summed E-state index contributed by atoms with van der Waals surface area (Å²) >= 11 is 0. The number of hydrogen-bond acceptors (Lipinski definition) is 7. The average molecular weight is 609 g/mol. The number of benzene rings is 2. The van der Waals surface area contributed by atoms with Crippen molar-refractivity contribution in [3.05, 3.63) is 84.4 Å². The van der Waals surface area contributed by atoms with Crippen LogP contribution in [0.3, 0.4) is 0 Å². The molecule has 7 nitrogen and oxygen atoms in total. The second kappa shape index (κ2) is 19.4. The van der Waals surface area contributed by atoms with E-state index in [9.17, 15) is 0 Å². The molecule has 0 bridgehead atoms. The fourth-order valence-corrected chi connectivity index (χ4v) is 7.76. The van der Waals surface area contributed by atoms with Crippen molar-refractivity contribution in [1.29, 1.82) is 0 Å². The molecule has 1 aliphatic rings. The van der Waals surface area contributed by atoms with E-state index in [2.05, 4.69) is 115 Å². The van der Waals surface area contributed by atoms with E-state index in [1.54, 1.807) is 0 Å². The van der Waals surface area contributed by atoms with E-state index in [0.29, 0.717) is 58.9 Å². The minimum Gasteiger partial charge on any atom is -0.378 e. The van der Waals surface area contributed by atoms with Crippen LogP contribution in [-0.4, -0.2) is 121 Å². The Hall–Kier alpha value is -2.06. The van der Waals surface area contributed by atoms with E-state index < -0.39 is 7.92 Å².